The van der Waals surface area contributed by atoms with Gasteiger partial charge in [0.2, 0.25) is 0 Å². The first-order chi connectivity index (χ1) is 21.7. The van der Waals surface area contributed by atoms with Gasteiger partial charge in [-0.2, -0.15) is 0 Å². The van der Waals surface area contributed by atoms with E-state index in [-0.39, 0.29) is 5.97 Å². The van der Waals surface area contributed by atoms with Gasteiger partial charge in [0.25, 0.3) is 0 Å². The summed E-state index contributed by atoms with van der Waals surface area (Å²) in [6.07, 6.45) is 43.6. The topological polar surface area (TPSA) is 51.4 Å². The summed E-state index contributed by atoms with van der Waals surface area (Å²) in [6, 6.07) is 0. The first-order valence-electron chi connectivity index (χ1n) is 20.2. The lowest BCUT2D eigenvalue weighted by Crippen LogP contribution is -2.05. The van der Waals surface area contributed by atoms with Crippen molar-refractivity contribution in [2.75, 3.05) is 6.61 Å². The molecule has 2 aliphatic rings. The lowest BCUT2D eigenvalue weighted by Gasteiger charge is -2.05. The summed E-state index contributed by atoms with van der Waals surface area (Å²) in [6.45, 7) is 5.18. The average molecular weight is 621 g/mol. The normalized spacial score (nSPS) is 20.7. The molecule has 0 aromatic heterocycles. The van der Waals surface area contributed by atoms with Crippen LogP contribution in [0.25, 0.3) is 0 Å². The predicted molar refractivity (Wildman–Crippen MR) is 187 cm³/mol. The van der Waals surface area contributed by atoms with Gasteiger partial charge < -0.3 is 14.2 Å². The number of hydrogen-bond donors (Lipinski definition) is 0. The fourth-order valence-electron chi connectivity index (χ4n) is 6.89. The number of carbonyl (C=O) groups excluding carboxylic acids is 1. The van der Waals surface area contributed by atoms with E-state index in [9.17, 15) is 4.79 Å². The zero-order chi connectivity index (χ0) is 31.3. The SMILES string of the molecule is CCCCCCCCC1OC1CCCCCCCCCCCC(=O)OCCCCCCCCC1OC1CCCCCCCC. The lowest BCUT2D eigenvalue weighted by molar-refractivity contribution is -0.143. The molecule has 2 heterocycles. The van der Waals surface area contributed by atoms with Gasteiger partial charge in [0.15, 0.2) is 0 Å². The van der Waals surface area contributed by atoms with Crippen molar-refractivity contribution in [2.24, 2.45) is 0 Å². The molecule has 0 N–H and O–H groups in total. The minimum atomic E-state index is 0.0128. The fourth-order valence-corrected chi connectivity index (χ4v) is 6.89. The van der Waals surface area contributed by atoms with E-state index >= 15 is 0 Å². The summed E-state index contributed by atoms with van der Waals surface area (Å²) in [5.74, 6) is 0.0128. The highest BCUT2D eigenvalue weighted by Gasteiger charge is 2.37. The number of epoxide rings is 2. The molecule has 0 aromatic rings. The molecule has 4 atom stereocenters. The standard InChI is InChI=1S/C40H76O4/c1-3-5-7-9-18-24-30-36-38(43-36)32-26-20-14-12-11-13-15-22-28-34-40(41)42-35-29-23-17-16-21-27-33-39-37(44-39)31-25-19-10-8-6-4-2/h36-39H,3-35H2,1-2H3. The predicted octanol–water partition coefficient (Wildman–Crippen LogP) is 12.6. The second-order valence-electron chi connectivity index (χ2n) is 14.4. The molecule has 0 aliphatic carbocycles. The maximum atomic E-state index is 12.0. The van der Waals surface area contributed by atoms with Crippen LogP contribution >= 0.6 is 0 Å². The van der Waals surface area contributed by atoms with E-state index in [1.54, 1.807) is 0 Å². The first kappa shape index (κ1) is 39.6. The molecule has 44 heavy (non-hydrogen) atoms. The van der Waals surface area contributed by atoms with Crippen LogP contribution in [0, 0.1) is 0 Å². The van der Waals surface area contributed by atoms with Crippen LogP contribution in [0.2, 0.25) is 0 Å². The van der Waals surface area contributed by atoms with Gasteiger partial charge in [0.1, 0.15) is 0 Å². The van der Waals surface area contributed by atoms with Crippen LogP contribution in [-0.2, 0) is 19.0 Å². The number of ether oxygens (including phenoxy) is 3. The van der Waals surface area contributed by atoms with Crippen molar-refractivity contribution in [3.8, 4) is 0 Å². The number of hydrogen-bond acceptors (Lipinski definition) is 4. The van der Waals surface area contributed by atoms with Crippen molar-refractivity contribution < 1.29 is 19.0 Å². The second kappa shape index (κ2) is 28.6. The highest BCUT2D eigenvalue weighted by atomic mass is 16.6. The molecule has 260 valence electrons. The highest BCUT2D eigenvalue weighted by Crippen LogP contribution is 2.33. The van der Waals surface area contributed by atoms with Crippen LogP contribution in [0.5, 0.6) is 0 Å². The van der Waals surface area contributed by atoms with E-state index < -0.39 is 0 Å². The Kier molecular flexibility index (Phi) is 25.7. The van der Waals surface area contributed by atoms with Crippen LogP contribution in [0.1, 0.15) is 219 Å². The highest BCUT2D eigenvalue weighted by molar-refractivity contribution is 5.69. The van der Waals surface area contributed by atoms with Crippen molar-refractivity contribution in [2.45, 2.75) is 244 Å². The van der Waals surface area contributed by atoms with Crippen LogP contribution in [0.15, 0.2) is 0 Å². The van der Waals surface area contributed by atoms with Gasteiger partial charge >= 0.3 is 5.97 Å². The Morgan fingerprint density at radius 2 is 0.705 bits per heavy atom. The van der Waals surface area contributed by atoms with Gasteiger partial charge in [0.05, 0.1) is 31.0 Å². The quantitative estimate of drug-likeness (QED) is 0.0402. The Hall–Kier alpha value is -0.610. The fraction of sp³-hybridized carbons (Fsp3) is 0.975. The number of rotatable bonds is 35. The minimum Gasteiger partial charge on any atom is -0.466 e. The molecular formula is C40H76O4. The van der Waals surface area contributed by atoms with Crippen LogP contribution in [-0.4, -0.2) is 37.0 Å². The van der Waals surface area contributed by atoms with Gasteiger partial charge in [-0.05, 0) is 38.5 Å². The molecule has 4 unspecified atom stereocenters. The molecule has 2 rings (SSSR count). The van der Waals surface area contributed by atoms with E-state index in [2.05, 4.69) is 13.8 Å². The third kappa shape index (κ3) is 23.7. The Morgan fingerprint density at radius 3 is 1.07 bits per heavy atom. The van der Waals surface area contributed by atoms with Crippen molar-refractivity contribution in [1.82, 2.24) is 0 Å². The zero-order valence-corrected chi connectivity index (χ0v) is 29.8. The van der Waals surface area contributed by atoms with E-state index in [0.29, 0.717) is 37.4 Å². The summed E-state index contributed by atoms with van der Waals surface area (Å²) >= 11 is 0. The molecule has 4 heteroatoms. The largest absolute Gasteiger partial charge is 0.466 e. The molecule has 0 amide bonds. The molecule has 2 saturated heterocycles. The molecular weight excluding hydrogens is 544 g/mol. The number of unbranched alkanes of at least 4 members (excludes halogenated alkanes) is 23. The zero-order valence-electron chi connectivity index (χ0n) is 29.8. The number of esters is 1. The van der Waals surface area contributed by atoms with E-state index in [1.807, 2.05) is 0 Å². The molecule has 0 aromatic carbocycles. The van der Waals surface area contributed by atoms with Gasteiger partial charge in [-0.25, -0.2) is 0 Å². The van der Waals surface area contributed by atoms with Crippen LogP contribution < -0.4 is 0 Å². The van der Waals surface area contributed by atoms with Crippen molar-refractivity contribution in [3.05, 3.63) is 0 Å². The van der Waals surface area contributed by atoms with E-state index in [1.165, 1.54) is 186 Å². The molecule has 0 bridgehead atoms. The summed E-state index contributed by atoms with van der Waals surface area (Å²) in [7, 11) is 0. The third-order valence-corrected chi connectivity index (χ3v) is 10.1. The van der Waals surface area contributed by atoms with E-state index in [0.717, 1.165) is 12.8 Å². The lowest BCUT2D eigenvalue weighted by atomic mass is 10.0. The maximum Gasteiger partial charge on any atom is 0.305 e. The molecule has 4 nitrogen and oxygen atoms in total. The first-order valence-corrected chi connectivity index (χ1v) is 20.2. The number of carbonyl (C=O) groups is 1. The van der Waals surface area contributed by atoms with Crippen molar-refractivity contribution >= 4 is 5.97 Å². The van der Waals surface area contributed by atoms with Gasteiger partial charge in [-0.3, -0.25) is 4.79 Å². The second-order valence-corrected chi connectivity index (χ2v) is 14.4. The monoisotopic (exact) mass is 621 g/mol. The van der Waals surface area contributed by atoms with Gasteiger partial charge in [-0.1, -0.05) is 174 Å². The van der Waals surface area contributed by atoms with Crippen LogP contribution in [0.3, 0.4) is 0 Å². The van der Waals surface area contributed by atoms with Crippen molar-refractivity contribution in [1.29, 1.82) is 0 Å². The third-order valence-electron chi connectivity index (χ3n) is 10.1. The molecule has 0 saturated carbocycles. The van der Waals surface area contributed by atoms with Gasteiger partial charge in [-0.15, -0.1) is 0 Å². The van der Waals surface area contributed by atoms with E-state index in [4.69, 9.17) is 14.2 Å². The minimum absolute atomic E-state index is 0.0128. The van der Waals surface area contributed by atoms with Crippen LogP contribution in [0.4, 0.5) is 0 Å². The van der Waals surface area contributed by atoms with Gasteiger partial charge in [0, 0.05) is 6.42 Å². The molecule has 0 radical (unpaired) electrons. The molecule has 2 fully saturated rings. The maximum absolute atomic E-state index is 12.0. The average Bonchev–Trinajstić information content (AvgIpc) is 3.95. The summed E-state index contributed by atoms with van der Waals surface area (Å²) in [5.41, 5.74) is 0. The summed E-state index contributed by atoms with van der Waals surface area (Å²) < 4.78 is 17.2. The Labute approximate surface area is 274 Å². The Morgan fingerprint density at radius 1 is 0.409 bits per heavy atom. The molecule has 2 aliphatic heterocycles. The Bertz CT molecular complexity index is 637. The smallest absolute Gasteiger partial charge is 0.305 e. The Balaban J connectivity index is 1.19. The summed E-state index contributed by atoms with van der Waals surface area (Å²) in [4.78, 5) is 12.0. The summed E-state index contributed by atoms with van der Waals surface area (Å²) in [5, 5.41) is 0. The molecule has 0 spiro atoms. The van der Waals surface area contributed by atoms with Crippen molar-refractivity contribution in [3.63, 3.8) is 0 Å².